The SMILES string of the molecule is O=C(c1ccccc1)N1CC=C(c2ccc(F)cc2)CC1. The molecule has 1 heterocycles. The van der Waals surface area contributed by atoms with Crippen molar-refractivity contribution in [2.45, 2.75) is 6.42 Å². The number of nitrogens with zero attached hydrogens (tertiary/aromatic N) is 1. The van der Waals surface area contributed by atoms with Crippen molar-refractivity contribution in [2.24, 2.45) is 0 Å². The van der Waals surface area contributed by atoms with Crippen LogP contribution in [0.15, 0.2) is 60.7 Å². The van der Waals surface area contributed by atoms with Gasteiger partial charge in [-0.15, -0.1) is 0 Å². The minimum atomic E-state index is -0.226. The molecule has 0 saturated heterocycles. The second-order valence-electron chi connectivity index (χ2n) is 5.10. The first-order chi connectivity index (χ1) is 10.2. The highest BCUT2D eigenvalue weighted by Crippen LogP contribution is 2.23. The molecule has 106 valence electrons. The first kappa shape index (κ1) is 13.6. The van der Waals surface area contributed by atoms with Crippen LogP contribution in [0.3, 0.4) is 0 Å². The molecule has 1 amide bonds. The molecule has 0 saturated carbocycles. The number of hydrogen-bond donors (Lipinski definition) is 0. The van der Waals surface area contributed by atoms with Gasteiger partial charge in [0.05, 0.1) is 0 Å². The van der Waals surface area contributed by atoms with Crippen LogP contribution < -0.4 is 0 Å². The molecule has 1 aliphatic heterocycles. The zero-order chi connectivity index (χ0) is 14.7. The summed E-state index contributed by atoms with van der Waals surface area (Å²) < 4.78 is 12.9. The number of hydrogen-bond acceptors (Lipinski definition) is 1. The Bertz CT molecular complexity index is 661. The molecule has 1 aliphatic rings. The number of carbonyl (C=O) groups is 1. The number of carbonyl (C=O) groups excluding carboxylic acids is 1. The lowest BCUT2D eigenvalue weighted by atomic mass is 9.99. The van der Waals surface area contributed by atoms with E-state index in [1.807, 2.05) is 35.2 Å². The van der Waals surface area contributed by atoms with Gasteiger partial charge in [0.25, 0.3) is 5.91 Å². The maximum atomic E-state index is 12.9. The smallest absolute Gasteiger partial charge is 0.254 e. The van der Waals surface area contributed by atoms with Crippen LogP contribution in [0.2, 0.25) is 0 Å². The lowest BCUT2D eigenvalue weighted by Crippen LogP contribution is -2.34. The molecule has 2 aromatic carbocycles. The molecule has 0 aromatic heterocycles. The Hall–Kier alpha value is -2.42. The molecule has 0 fully saturated rings. The molecule has 3 rings (SSSR count). The van der Waals surface area contributed by atoms with Crippen LogP contribution in [-0.2, 0) is 0 Å². The van der Waals surface area contributed by atoms with E-state index in [0.717, 1.165) is 17.5 Å². The molecular weight excluding hydrogens is 265 g/mol. The Labute approximate surface area is 123 Å². The van der Waals surface area contributed by atoms with Crippen molar-refractivity contribution < 1.29 is 9.18 Å². The van der Waals surface area contributed by atoms with E-state index >= 15 is 0 Å². The summed E-state index contributed by atoms with van der Waals surface area (Å²) in [6.45, 7) is 1.29. The lowest BCUT2D eigenvalue weighted by molar-refractivity contribution is 0.0773. The molecule has 0 bridgehead atoms. The maximum absolute atomic E-state index is 12.9. The highest BCUT2D eigenvalue weighted by molar-refractivity contribution is 5.94. The van der Waals surface area contributed by atoms with Gasteiger partial charge in [-0.05, 0) is 41.8 Å². The standard InChI is InChI=1S/C18H16FNO/c19-17-8-6-14(7-9-17)15-10-12-20(13-11-15)18(21)16-4-2-1-3-5-16/h1-10H,11-13H2. The summed E-state index contributed by atoms with van der Waals surface area (Å²) in [5, 5.41) is 0. The molecule has 0 atom stereocenters. The molecule has 0 radical (unpaired) electrons. The van der Waals surface area contributed by atoms with Crippen molar-refractivity contribution in [1.29, 1.82) is 0 Å². The van der Waals surface area contributed by atoms with Crippen molar-refractivity contribution >= 4 is 11.5 Å². The molecular formula is C18H16FNO. The van der Waals surface area contributed by atoms with Crippen LogP contribution in [0.5, 0.6) is 0 Å². The van der Waals surface area contributed by atoms with Crippen molar-refractivity contribution in [2.75, 3.05) is 13.1 Å². The molecule has 3 heteroatoms. The summed E-state index contributed by atoms with van der Waals surface area (Å²) in [5.74, 6) is -0.166. The van der Waals surface area contributed by atoms with Gasteiger partial charge in [0.15, 0.2) is 0 Å². The van der Waals surface area contributed by atoms with Crippen molar-refractivity contribution in [1.82, 2.24) is 4.90 Å². The molecule has 2 nitrogen and oxygen atoms in total. The largest absolute Gasteiger partial charge is 0.335 e. The van der Waals surface area contributed by atoms with Gasteiger partial charge >= 0.3 is 0 Å². The van der Waals surface area contributed by atoms with Gasteiger partial charge in [-0.1, -0.05) is 36.4 Å². The summed E-state index contributed by atoms with van der Waals surface area (Å²) >= 11 is 0. The monoisotopic (exact) mass is 281 g/mol. The van der Waals surface area contributed by atoms with Gasteiger partial charge < -0.3 is 4.90 Å². The third-order valence-electron chi connectivity index (χ3n) is 3.73. The summed E-state index contributed by atoms with van der Waals surface area (Å²) in [6.07, 6.45) is 2.85. The van der Waals surface area contributed by atoms with Crippen LogP contribution in [0.4, 0.5) is 4.39 Å². The minimum Gasteiger partial charge on any atom is -0.335 e. The Kier molecular flexibility index (Phi) is 3.82. The third-order valence-corrected chi connectivity index (χ3v) is 3.73. The maximum Gasteiger partial charge on any atom is 0.254 e. The molecule has 2 aromatic rings. The van der Waals surface area contributed by atoms with E-state index in [-0.39, 0.29) is 11.7 Å². The summed E-state index contributed by atoms with van der Waals surface area (Å²) in [4.78, 5) is 14.2. The predicted molar refractivity (Wildman–Crippen MR) is 81.3 cm³/mol. The normalized spacial score (nSPS) is 14.7. The quantitative estimate of drug-likeness (QED) is 0.821. The number of benzene rings is 2. The fraction of sp³-hybridized carbons (Fsp3) is 0.167. The first-order valence-electron chi connectivity index (χ1n) is 7.03. The van der Waals surface area contributed by atoms with Crippen LogP contribution in [0.25, 0.3) is 5.57 Å². The molecule has 21 heavy (non-hydrogen) atoms. The molecule has 0 N–H and O–H groups in total. The lowest BCUT2D eigenvalue weighted by Gasteiger charge is -2.26. The highest BCUT2D eigenvalue weighted by atomic mass is 19.1. The van der Waals surface area contributed by atoms with E-state index in [0.29, 0.717) is 13.1 Å². The zero-order valence-corrected chi connectivity index (χ0v) is 11.6. The van der Waals surface area contributed by atoms with Crippen molar-refractivity contribution in [3.63, 3.8) is 0 Å². The average Bonchev–Trinajstić information content (AvgIpc) is 2.56. The third kappa shape index (κ3) is 3.02. The van der Waals surface area contributed by atoms with E-state index in [1.54, 1.807) is 12.1 Å². The van der Waals surface area contributed by atoms with Gasteiger partial charge in [0.1, 0.15) is 5.82 Å². The summed E-state index contributed by atoms with van der Waals surface area (Å²) in [5.41, 5.74) is 2.92. The van der Waals surface area contributed by atoms with E-state index in [2.05, 4.69) is 6.08 Å². The summed E-state index contributed by atoms with van der Waals surface area (Å²) in [7, 11) is 0. The number of amides is 1. The number of halogens is 1. The second-order valence-corrected chi connectivity index (χ2v) is 5.10. The molecule has 0 aliphatic carbocycles. The average molecular weight is 281 g/mol. The van der Waals surface area contributed by atoms with Gasteiger partial charge in [-0.3, -0.25) is 4.79 Å². The van der Waals surface area contributed by atoms with Gasteiger partial charge in [-0.2, -0.15) is 0 Å². The predicted octanol–water partition coefficient (Wildman–Crippen LogP) is 3.76. The highest BCUT2D eigenvalue weighted by Gasteiger charge is 2.18. The Morgan fingerprint density at radius 1 is 1.00 bits per heavy atom. The Morgan fingerprint density at radius 2 is 1.71 bits per heavy atom. The molecule has 0 unspecified atom stereocenters. The van der Waals surface area contributed by atoms with E-state index < -0.39 is 0 Å². The topological polar surface area (TPSA) is 20.3 Å². The fourth-order valence-corrected chi connectivity index (χ4v) is 2.54. The fourth-order valence-electron chi connectivity index (χ4n) is 2.54. The van der Waals surface area contributed by atoms with E-state index in [9.17, 15) is 9.18 Å². The summed E-state index contributed by atoms with van der Waals surface area (Å²) in [6, 6.07) is 15.8. The van der Waals surface area contributed by atoms with Crippen LogP contribution in [0.1, 0.15) is 22.3 Å². The zero-order valence-electron chi connectivity index (χ0n) is 11.6. The van der Waals surface area contributed by atoms with E-state index in [4.69, 9.17) is 0 Å². The van der Waals surface area contributed by atoms with Crippen molar-refractivity contribution in [3.8, 4) is 0 Å². The number of rotatable bonds is 2. The second kappa shape index (κ2) is 5.92. The molecule has 0 spiro atoms. The van der Waals surface area contributed by atoms with Crippen LogP contribution >= 0.6 is 0 Å². The first-order valence-corrected chi connectivity index (χ1v) is 7.03. The van der Waals surface area contributed by atoms with Crippen LogP contribution in [-0.4, -0.2) is 23.9 Å². The van der Waals surface area contributed by atoms with Gasteiger partial charge in [0, 0.05) is 18.7 Å². The minimum absolute atomic E-state index is 0.0602. The Balaban J connectivity index is 1.72. The van der Waals surface area contributed by atoms with Crippen LogP contribution in [0, 0.1) is 5.82 Å². The van der Waals surface area contributed by atoms with Gasteiger partial charge in [0.2, 0.25) is 0 Å². The Morgan fingerprint density at radius 3 is 2.33 bits per heavy atom. The van der Waals surface area contributed by atoms with Gasteiger partial charge in [-0.25, -0.2) is 4.39 Å². The van der Waals surface area contributed by atoms with E-state index in [1.165, 1.54) is 17.7 Å². The van der Waals surface area contributed by atoms with Crippen molar-refractivity contribution in [3.05, 3.63) is 77.6 Å².